The van der Waals surface area contributed by atoms with Crippen LogP contribution in [0, 0.1) is 0 Å². The van der Waals surface area contributed by atoms with Crippen LogP contribution in [0.2, 0.25) is 0 Å². The Hall–Kier alpha value is -2.04. The molecule has 2 rings (SSSR count). The summed E-state index contributed by atoms with van der Waals surface area (Å²) in [5, 5.41) is 0. The molecule has 132 valence electrons. The minimum absolute atomic E-state index is 0.158. The van der Waals surface area contributed by atoms with Gasteiger partial charge < -0.3 is 14.5 Å². The van der Waals surface area contributed by atoms with Crippen LogP contribution in [0.4, 0.5) is 0 Å². The molecule has 0 aliphatic carbocycles. The van der Waals surface area contributed by atoms with Crippen LogP contribution in [0.5, 0.6) is 5.75 Å². The number of rotatable bonds is 6. The number of amides is 2. The van der Waals surface area contributed by atoms with Gasteiger partial charge in [-0.25, -0.2) is 0 Å². The van der Waals surface area contributed by atoms with E-state index in [0.29, 0.717) is 32.4 Å². The molecule has 0 radical (unpaired) electrons. The van der Waals surface area contributed by atoms with Gasteiger partial charge in [0.25, 0.3) is 0 Å². The summed E-state index contributed by atoms with van der Waals surface area (Å²) in [6, 6.07) is 7.81. The highest BCUT2D eigenvalue weighted by atomic mass is 16.5. The number of ether oxygens (including phenoxy) is 1. The standard InChI is InChI=1S/C19H28N2O3/c1-3-7-18(22)20-12-6-13-21(15-14-20)19(23)11-10-16-8-4-5-9-17(16)24-2/h4-5,8-9H,3,6-7,10-15H2,1-2H3. The molecule has 0 unspecified atom stereocenters. The summed E-state index contributed by atoms with van der Waals surface area (Å²) < 4.78 is 5.34. The lowest BCUT2D eigenvalue weighted by atomic mass is 10.1. The molecule has 1 aromatic carbocycles. The van der Waals surface area contributed by atoms with Gasteiger partial charge in [-0.1, -0.05) is 25.1 Å². The number of benzene rings is 1. The third-order valence-electron chi connectivity index (χ3n) is 4.47. The molecule has 0 N–H and O–H groups in total. The Bertz CT molecular complexity index is 559. The molecule has 5 heteroatoms. The van der Waals surface area contributed by atoms with Crippen molar-refractivity contribution in [3.63, 3.8) is 0 Å². The van der Waals surface area contributed by atoms with E-state index in [4.69, 9.17) is 4.74 Å². The van der Waals surface area contributed by atoms with Gasteiger partial charge in [0.2, 0.25) is 11.8 Å². The smallest absolute Gasteiger partial charge is 0.222 e. The number of aryl methyl sites for hydroxylation is 1. The maximum absolute atomic E-state index is 12.5. The van der Waals surface area contributed by atoms with E-state index >= 15 is 0 Å². The molecular formula is C19H28N2O3. The Labute approximate surface area is 144 Å². The average molecular weight is 332 g/mol. The van der Waals surface area contributed by atoms with E-state index in [-0.39, 0.29) is 11.8 Å². The fraction of sp³-hybridized carbons (Fsp3) is 0.579. The van der Waals surface area contributed by atoms with Gasteiger partial charge in [0.15, 0.2) is 0 Å². The molecule has 0 bridgehead atoms. The van der Waals surface area contributed by atoms with Gasteiger partial charge in [0.05, 0.1) is 7.11 Å². The average Bonchev–Trinajstić information content (AvgIpc) is 2.86. The summed E-state index contributed by atoms with van der Waals surface area (Å²) in [5.41, 5.74) is 1.06. The minimum atomic E-state index is 0.158. The summed E-state index contributed by atoms with van der Waals surface area (Å²) >= 11 is 0. The highest BCUT2D eigenvalue weighted by molar-refractivity contribution is 5.78. The van der Waals surface area contributed by atoms with Gasteiger partial charge in [-0.3, -0.25) is 9.59 Å². The van der Waals surface area contributed by atoms with Crippen molar-refractivity contribution >= 4 is 11.8 Å². The number of hydrogen-bond donors (Lipinski definition) is 0. The Morgan fingerprint density at radius 1 is 1.00 bits per heavy atom. The third-order valence-corrected chi connectivity index (χ3v) is 4.47. The molecule has 0 atom stereocenters. The Morgan fingerprint density at radius 2 is 1.62 bits per heavy atom. The van der Waals surface area contributed by atoms with Crippen molar-refractivity contribution in [2.45, 2.75) is 39.0 Å². The summed E-state index contributed by atoms with van der Waals surface area (Å²) in [7, 11) is 1.65. The van der Waals surface area contributed by atoms with Gasteiger partial charge in [0, 0.05) is 39.0 Å². The number of methoxy groups -OCH3 is 1. The van der Waals surface area contributed by atoms with E-state index in [0.717, 1.165) is 37.2 Å². The van der Waals surface area contributed by atoms with Gasteiger partial charge in [-0.05, 0) is 30.9 Å². The van der Waals surface area contributed by atoms with Crippen molar-refractivity contribution < 1.29 is 14.3 Å². The Kier molecular flexibility index (Phi) is 7.09. The Morgan fingerprint density at radius 3 is 2.25 bits per heavy atom. The lowest BCUT2D eigenvalue weighted by Gasteiger charge is -2.22. The van der Waals surface area contributed by atoms with Crippen LogP contribution in [0.25, 0.3) is 0 Å². The SMILES string of the molecule is CCCC(=O)N1CCCN(C(=O)CCc2ccccc2OC)CC1. The molecule has 0 saturated carbocycles. The quantitative estimate of drug-likeness (QED) is 0.804. The zero-order valence-electron chi connectivity index (χ0n) is 14.8. The first-order chi connectivity index (χ1) is 11.7. The number of carbonyl (C=O) groups is 2. The van der Waals surface area contributed by atoms with Crippen LogP contribution >= 0.6 is 0 Å². The third kappa shape index (κ3) is 4.98. The molecule has 1 aliphatic rings. The monoisotopic (exact) mass is 332 g/mol. The molecule has 0 spiro atoms. The van der Waals surface area contributed by atoms with E-state index in [1.54, 1.807) is 7.11 Å². The zero-order valence-corrected chi connectivity index (χ0v) is 14.8. The fourth-order valence-corrected chi connectivity index (χ4v) is 3.10. The molecular weight excluding hydrogens is 304 g/mol. The van der Waals surface area contributed by atoms with Gasteiger partial charge in [0.1, 0.15) is 5.75 Å². The predicted molar refractivity (Wildman–Crippen MR) is 94.0 cm³/mol. The number of para-hydroxylation sites is 1. The first kappa shape index (κ1) is 18.3. The highest BCUT2D eigenvalue weighted by Crippen LogP contribution is 2.19. The van der Waals surface area contributed by atoms with Crippen LogP contribution in [0.1, 0.15) is 38.2 Å². The first-order valence-corrected chi connectivity index (χ1v) is 8.83. The second kappa shape index (κ2) is 9.30. The lowest BCUT2D eigenvalue weighted by molar-refractivity contribution is -0.133. The first-order valence-electron chi connectivity index (χ1n) is 8.83. The molecule has 0 aromatic heterocycles. The predicted octanol–water partition coefficient (Wildman–Crippen LogP) is 2.49. The van der Waals surface area contributed by atoms with Crippen molar-refractivity contribution in [1.29, 1.82) is 0 Å². The number of carbonyl (C=O) groups excluding carboxylic acids is 2. The summed E-state index contributed by atoms with van der Waals surface area (Å²) in [6.45, 7) is 4.80. The van der Waals surface area contributed by atoms with E-state index in [9.17, 15) is 9.59 Å². The second-order valence-corrected chi connectivity index (χ2v) is 6.18. The van der Waals surface area contributed by atoms with Crippen LogP contribution in [0.15, 0.2) is 24.3 Å². The van der Waals surface area contributed by atoms with Crippen molar-refractivity contribution in [3.05, 3.63) is 29.8 Å². The molecule has 24 heavy (non-hydrogen) atoms. The normalized spacial score (nSPS) is 15.1. The summed E-state index contributed by atoms with van der Waals surface area (Å²) in [5.74, 6) is 1.20. The molecule has 2 amide bonds. The van der Waals surface area contributed by atoms with Crippen LogP contribution in [-0.2, 0) is 16.0 Å². The maximum Gasteiger partial charge on any atom is 0.222 e. The lowest BCUT2D eigenvalue weighted by Crippen LogP contribution is -2.37. The molecule has 1 heterocycles. The largest absolute Gasteiger partial charge is 0.496 e. The molecule has 5 nitrogen and oxygen atoms in total. The van der Waals surface area contributed by atoms with Crippen molar-refractivity contribution in [2.24, 2.45) is 0 Å². The minimum Gasteiger partial charge on any atom is -0.496 e. The van der Waals surface area contributed by atoms with E-state index < -0.39 is 0 Å². The fourth-order valence-electron chi connectivity index (χ4n) is 3.10. The number of hydrogen-bond acceptors (Lipinski definition) is 3. The summed E-state index contributed by atoms with van der Waals surface area (Å²) in [4.78, 5) is 28.3. The zero-order chi connectivity index (χ0) is 17.4. The molecule has 1 fully saturated rings. The van der Waals surface area contributed by atoms with Crippen molar-refractivity contribution in [1.82, 2.24) is 9.80 Å². The second-order valence-electron chi connectivity index (χ2n) is 6.18. The van der Waals surface area contributed by atoms with E-state index in [1.807, 2.05) is 41.0 Å². The van der Waals surface area contributed by atoms with Gasteiger partial charge in [-0.15, -0.1) is 0 Å². The van der Waals surface area contributed by atoms with E-state index in [2.05, 4.69) is 0 Å². The Balaban J connectivity index is 1.85. The topological polar surface area (TPSA) is 49.9 Å². The van der Waals surface area contributed by atoms with Gasteiger partial charge in [-0.2, -0.15) is 0 Å². The van der Waals surface area contributed by atoms with Gasteiger partial charge >= 0.3 is 0 Å². The van der Waals surface area contributed by atoms with Crippen LogP contribution in [-0.4, -0.2) is 54.9 Å². The van der Waals surface area contributed by atoms with Crippen molar-refractivity contribution in [2.75, 3.05) is 33.3 Å². The highest BCUT2D eigenvalue weighted by Gasteiger charge is 2.21. The molecule has 1 saturated heterocycles. The molecule has 1 aliphatic heterocycles. The van der Waals surface area contributed by atoms with Crippen molar-refractivity contribution in [3.8, 4) is 5.75 Å². The maximum atomic E-state index is 12.5. The molecule has 1 aromatic rings. The van der Waals surface area contributed by atoms with Crippen LogP contribution < -0.4 is 4.74 Å². The number of nitrogens with zero attached hydrogens (tertiary/aromatic N) is 2. The summed E-state index contributed by atoms with van der Waals surface area (Å²) in [6.07, 6.45) is 3.48. The van der Waals surface area contributed by atoms with E-state index in [1.165, 1.54) is 0 Å². The van der Waals surface area contributed by atoms with Crippen LogP contribution in [0.3, 0.4) is 0 Å².